The minimum Gasteiger partial charge on any atom is -0.501 e. The summed E-state index contributed by atoms with van der Waals surface area (Å²) in [5, 5.41) is 4.26. The number of rotatable bonds is 4. The summed E-state index contributed by atoms with van der Waals surface area (Å²) < 4.78 is 6.44. The maximum Gasteiger partial charge on any atom is 0.0876 e. The zero-order valence-corrected chi connectivity index (χ0v) is 12.7. The van der Waals surface area contributed by atoms with Crippen molar-refractivity contribution in [2.24, 2.45) is 0 Å². The SMILES string of the molecule is CCNC(C1=COCCC1)c1ccc(Br)cc1Cl. The second kappa shape index (κ2) is 6.60. The fraction of sp³-hybridized carbons (Fsp3) is 0.429. The summed E-state index contributed by atoms with van der Waals surface area (Å²) in [6.07, 6.45) is 4.02. The lowest BCUT2D eigenvalue weighted by atomic mass is 9.95. The van der Waals surface area contributed by atoms with Crippen LogP contribution in [-0.2, 0) is 4.74 Å². The molecule has 0 bridgehead atoms. The summed E-state index contributed by atoms with van der Waals surface area (Å²) in [6, 6.07) is 6.17. The number of ether oxygens (including phenoxy) is 1. The van der Waals surface area contributed by atoms with Gasteiger partial charge in [0.05, 0.1) is 18.9 Å². The Hall–Kier alpha value is -0.510. The molecule has 18 heavy (non-hydrogen) atoms. The molecule has 0 radical (unpaired) electrons. The van der Waals surface area contributed by atoms with Crippen LogP contribution in [0.15, 0.2) is 34.5 Å². The van der Waals surface area contributed by atoms with Gasteiger partial charge in [-0.05, 0) is 42.7 Å². The van der Waals surface area contributed by atoms with Crippen LogP contribution in [0.1, 0.15) is 31.4 Å². The first-order valence-electron chi connectivity index (χ1n) is 6.21. The first-order chi connectivity index (χ1) is 8.72. The number of benzene rings is 1. The van der Waals surface area contributed by atoms with E-state index in [-0.39, 0.29) is 6.04 Å². The molecule has 0 amide bonds. The van der Waals surface area contributed by atoms with E-state index in [0.717, 1.165) is 41.1 Å². The molecule has 0 aromatic heterocycles. The highest BCUT2D eigenvalue weighted by Gasteiger charge is 2.20. The van der Waals surface area contributed by atoms with Crippen molar-refractivity contribution in [2.45, 2.75) is 25.8 Å². The first kappa shape index (κ1) is 13.9. The Morgan fingerprint density at radius 3 is 2.94 bits per heavy atom. The Balaban J connectivity index is 2.31. The van der Waals surface area contributed by atoms with E-state index in [9.17, 15) is 0 Å². The third-order valence-electron chi connectivity index (χ3n) is 3.01. The van der Waals surface area contributed by atoms with Crippen LogP contribution < -0.4 is 5.32 Å². The van der Waals surface area contributed by atoms with Crippen molar-refractivity contribution in [3.8, 4) is 0 Å². The van der Waals surface area contributed by atoms with E-state index in [1.54, 1.807) is 0 Å². The molecule has 2 rings (SSSR count). The molecule has 98 valence electrons. The van der Waals surface area contributed by atoms with Crippen LogP contribution in [0.4, 0.5) is 0 Å². The zero-order valence-electron chi connectivity index (χ0n) is 10.4. The zero-order chi connectivity index (χ0) is 13.0. The summed E-state index contributed by atoms with van der Waals surface area (Å²) in [7, 11) is 0. The normalized spacial score (nSPS) is 16.9. The van der Waals surface area contributed by atoms with Gasteiger partial charge in [-0.1, -0.05) is 40.5 Å². The molecule has 2 nitrogen and oxygen atoms in total. The summed E-state index contributed by atoms with van der Waals surface area (Å²) >= 11 is 9.78. The van der Waals surface area contributed by atoms with Gasteiger partial charge < -0.3 is 10.1 Å². The van der Waals surface area contributed by atoms with E-state index in [0.29, 0.717) is 0 Å². The van der Waals surface area contributed by atoms with Gasteiger partial charge in [-0.15, -0.1) is 0 Å². The lowest BCUT2D eigenvalue weighted by molar-refractivity contribution is 0.219. The molecule has 1 aromatic rings. The van der Waals surface area contributed by atoms with E-state index in [1.807, 2.05) is 18.4 Å². The number of likely N-dealkylation sites (N-methyl/N-ethyl adjacent to an activating group) is 1. The summed E-state index contributed by atoms with van der Waals surface area (Å²) in [6.45, 7) is 3.81. The Morgan fingerprint density at radius 2 is 2.33 bits per heavy atom. The molecule has 0 saturated heterocycles. The van der Waals surface area contributed by atoms with Crippen LogP contribution in [-0.4, -0.2) is 13.2 Å². The molecule has 0 aliphatic carbocycles. The van der Waals surface area contributed by atoms with Crippen molar-refractivity contribution in [1.82, 2.24) is 5.32 Å². The fourth-order valence-electron chi connectivity index (χ4n) is 2.18. The average molecular weight is 331 g/mol. The largest absolute Gasteiger partial charge is 0.501 e. The minimum absolute atomic E-state index is 0.149. The van der Waals surface area contributed by atoms with Crippen molar-refractivity contribution in [2.75, 3.05) is 13.2 Å². The lowest BCUT2D eigenvalue weighted by Gasteiger charge is -2.25. The molecule has 0 saturated carbocycles. The molecule has 1 aliphatic heterocycles. The molecule has 0 fully saturated rings. The summed E-state index contributed by atoms with van der Waals surface area (Å²) in [4.78, 5) is 0. The standard InChI is InChI=1S/C14H17BrClNO/c1-2-17-14(10-4-3-7-18-9-10)12-6-5-11(15)8-13(12)16/h5-6,8-9,14,17H,2-4,7H2,1H3. The van der Waals surface area contributed by atoms with Crippen LogP contribution in [0, 0.1) is 0 Å². The number of hydrogen-bond acceptors (Lipinski definition) is 2. The Labute approximate surface area is 121 Å². The fourth-order valence-corrected chi connectivity index (χ4v) is 2.96. The van der Waals surface area contributed by atoms with Crippen LogP contribution in [0.3, 0.4) is 0 Å². The third-order valence-corrected chi connectivity index (χ3v) is 3.84. The molecule has 1 heterocycles. The predicted octanol–water partition coefficient (Wildman–Crippen LogP) is 4.45. The van der Waals surface area contributed by atoms with Gasteiger partial charge in [0.1, 0.15) is 0 Å². The molecule has 1 unspecified atom stereocenters. The summed E-state index contributed by atoms with van der Waals surface area (Å²) in [5.41, 5.74) is 2.38. The van der Waals surface area contributed by atoms with E-state index in [1.165, 1.54) is 5.57 Å². The molecule has 4 heteroatoms. The number of hydrogen-bond donors (Lipinski definition) is 1. The molecule has 0 spiro atoms. The van der Waals surface area contributed by atoms with Gasteiger partial charge in [0.15, 0.2) is 0 Å². The minimum atomic E-state index is 0.149. The predicted molar refractivity (Wildman–Crippen MR) is 78.8 cm³/mol. The van der Waals surface area contributed by atoms with Crippen LogP contribution >= 0.6 is 27.5 Å². The topological polar surface area (TPSA) is 21.3 Å². The Bertz CT molecular complexity index is 447. The van der Waals surface area contributed by atoms with Gasteiger partial charge in [-0.3, -0.25) is 0 Å². The highest BCUT2D eigenvalue weighted by atomic mass is 79.9. The highest BCUT2D eigenvalue weighted by Crippen LogP contribution is 2.33. The van der Waals surface area contributed by atoms with Crippen molar-refractivity contribution in [3.63, 3.8) is 0 Å². The van der Waals surface area contributed by atoms with E-state index < -0.39 is 0 Å². The van der Waals surface area contributed by atoms with Crippen molar-refractivity contribution >= 4 is 27.5 Å². The number of halogens is 2. The molecular formula is C14H17BrClNO. The third kappa shape index (κ3) is 3.28. The second-order valence-electron chi connectivity index (χ2n) is 4.32. The lowest BCUT2D eigenvalue weighted by Crippen LogP contribution is -2.24. The van der Waals surface area contributed by atoms with Crippen molar-refractivity contribution in [1.29, 1.82) is 0 Å². The van der Waals surface area contributed by atoms with Gasteiger partial charge in [-0.25, -0.2) is 0 Å². The quantitative estimate of drug-likeness (QED) is 0.881. The smallest absolute Gasteiger partial charge is 0.0876 e. The van der Waals surface area contributed by atoms with E-state index in [4.69, 9.17) is 16.3 Å². The Kier molecular flexibility index (Phi) is 5.10. The van der Waals surface area contributed by atoms with E-state index >= 15 is 0 Å². The van der Waals surface area contributed by atoms with Gasteiger partial charge in [0.2, 0.25) is 0 Å². The second-order valence-corrected chi connectivity index (χ2v) is 5.65. The highest BCUT2D eigenvalue weighted by molar-refractivity contribution is 9.10. The summed E-state index contributed by atoms with van der Waals surface area (Å²) in [5.74, 6) is 0. The Morgan fingerprint density at radius 1 is 1.50 bits per heavy atom. The average Bonchev–Trinajstić information content (AvgIpc) is 2.38. The monoisotopic (exact) mass is 329 g/mol. The molecule has 1 atom stereocenters. The van der Waals surface area contributed by atoms with Crippen LogP contribution in [0.5, 0.6) is 0 Å². The number of nitrogens with one attached hydrogen (secondary N) is 1. The van der Waals surface area contributed by atoms with Crippen molar-refractivity contribution < 1.29 is 4.74 Å². The molecule has 1 aromatic carbocycles. The van der Waals surface area contributed by atoms with Gasteiger partial charge >= 0.3 is 0 Å². The molecule has 1 aliphatic rings. The van der Waals surface area contributed by atoms with Gasteiger partial charge in [0, 0.05) is 9.50 Å². The molecular weight excluding hydrogens is 314 g/mol. The van der Waals surface area contributed by atoms with Gasteiger partial charge in [-0.2, -0.15) is 0 Å². The maximum atomic E-state index is 6.34. The maximum absolute atomic E-state index is 6.34. The van der Waals surface area contributed by atoms with Crippen molar-refractivity contribution in [3.05, 3.63) is 45.1 Å². The van der Waals surface area contributed by atoms with Crippen LogP contribution in [0.25, 0.3) is 0 Å². The molecule has 1 N–H and O–H groups in total. The van der Waals surface area contributed by atoms with Crippen LogP contribution in [0.2, 0.25) is 5.02 Å². The van der Waals surface area contributed by atoms with Gasteiger partial charge in [0.25, 0.3) is 0 Å². The van der Waals surface area contributed by atoms with E-state index in [2.05, 4.69) is 34.2 Å². The first-order valence-corrected chi connectivity index (χ1v) is 7.38.